The van der Waals surface area contributed by atoms with Crippen molar-refractivity contribution in [1.82, 2.24) is 19.9 Å². The van der Waals surface area contributed by atoms with Crippen molar-refractivity contribution in [3.05, 3.63) is 36.7 Å². The van der Waals surface area contributed by atoms with Crippen LogP contribution in [-0.2, 0) is 6.42 Å². The van der Waals surface area contributed by atoms with Crippen LogP contribution in [0.2, 0.25) is 0 Å². The molecule has 6 heteroatoms. The molecule has 1 saturated heterocycles. The number of rotatable bonds is 4. The van der Waals surface area contributed by atoms with Gasteiger partial charge in [0.15, 0.2) is 0 Å². The first-order chi connectivity index (χ1) is 9.85. The summed E-state index contributed by atoms with van der Waals surface area (Å²) in [7, 11) is 1.87. The monoisotopic (exact) mass is 270 g/mol. The zero-order valence-corrected chi connectivity index (χ0v) is 11.5. The molecule has 3 heterocycles. The summed E-state index contributed by atoms with van der Waals surface area (Å²) in [6.45, 7) is 2.05. The van der Waals surface area contributed by atoms with E-state index in [1.54, 1.807) is 18.7 Å². The van der Waals surface area contributed by atoms with Gasteiger partial charge < -0.3 is 10.2 Å². The molecule has 1 atom stereocenters. The van der Waals surface area contributed by atoms with E-state index in [9.17, 15) is 0 Å². The van der Waals surface area contributed by atoms with Gasteiger partial charge >= 0.3 is 0 Å². The van der Waals surface area contributed by atoms with Gasteiger partial charge in [0.1, 0.15) is 18.0 Å². The van der Waals surface area contributed by atoms with Gasteiger partial charge in [0, 0.05) is 44.3 Å². The Morgan fingerprint density at radius 1 is 1.30 bits per heavy atom. The molecule has 0 aliphatic carbocycles. The molecule has 1 N–H and O–H groups in total. The molecule has 20 heavy (non-hydrogen) atoms. The van der Waals surface area contributed by atoms with Crippen LogP contribution in [0.4, 0.5) is 11.6 Å². The number of hydrogen-bond acceptors (Lipinski definition) is 6. The van der Waals surface area contributed by atoms with Crippen molar-refractivity contribution in [1.29, 1.82) is 0 Å². The molecule has 1 aliphatic heterocycles. The van der Waals surface area contributed by atoms with Crippen molar-refractivity contribution in [2.45, 2.75) is 12.8 Å². The minimum Gasteiger partial charge on any atom is -0.373 e. The molecule has 0 radical (unpaired) electrons. The third-order valence-corrected chi connectivity index (χ3v) is 3.64. The highest BCUT2D eigenvalue weighted by atomic mass is 15.2. The Balaban J connectivity index is 1.63. The smallest absolute Gasteiger partial charge is 0.147 e. The second kappa shape index (κ2) is 5.81. The molecule has 2 aromatic rings. The molecule has 6 nitrogen and oxygen atoms in total. The lowest BCUT2D eigenvalue weighted by Crippen LogP contribution is -2.21. The molecule has 0 saturated carbocycles. The lowest BCUT2D eigenvalue weighted by molar-refractivity contribution is 0.576. The van der Waals surface area contributed by atoms with Gasteiger partial charge in [0.2, 0.25) is 0 Å². The van der Waals surface area contributed by atoms with Gasteiger partial charge in [0.25, 0.3) is 0 Å². The van der Waals surface area contributed by atoms with Crippen molar-refractivity contribution in [2.24, 2.45) is 5.92 Å². The predicted octanol–water partition coefficient (Wildman–Crippen LogP) is 1.38. The SMILES string of the molecule is CNc1cc(CC2CCN(c3cnccn3)C2)ncn1. The molecule has 3 rings (SSSR count). The number of aromatic nitrogens is 4. The molecule has 0 bridgehead atoms. The van der Waals surface area contributed by atoms with Crippen LogP contribution >= 0.6 is 0 Å². The van der Waals surface area contributed by atoms with Crippen LogP contribution in [0.15, 0.2) is 31.0 Å². The summed E-state index contributed by atoms with van der Waals surface area (Å²) in [6.07, 6.45) is 9.04. The van der Waals surface area contributed by atoms with Crippen molar-refractivity contribution in [3.63, 3.8) is 0 Å². The number of nitrogens with one attached hydrogen (secondary N) is 1. The topological polar surface area (TPSA) is 66.8 Å². The summed E-state index contributed by atoms with van der Waals surface area (Å²) in [4.78, 5) is 19.3. The van der Waals surface area contributed by atoms with Gasteiger partial charge in [-0.05, 0) is 18.8 Å². The second-order valence-corrected chi connectivity index (χ2v) is 5.01. The van der Waals surface area contributed by atoms with Crippen molar-refractivity contribution >= 4 is 11.6 Å². The van der Waals surface area contributed by atoms with Gasteiger partial charge in [-0.3, -0.25) is 4.98 Å². The van der Waals surface area contributed by atoms with Crippen molar-refractivity contribution in [3.8, 4) is 0 Å². The number of hydrogen-bond donors (Lipinski definition) is 1. The first-order valence-corrected chi connectivity index (χ1v) is 6.85. The van der Waals surface area contributed by atoms with E-state index in [1.807, 2.05) is 19.3 Å². The Kier molecular flexibility index (Phi) is 3.71. The molecule has 0 amide bonds. The van der Waals surface area contributed by atoms with E-state index < -0.39 is 0 Å². The van der Waals surface area contributed by atoms with Crippen LogP contribution in [0.3, 0.4) is 0 Å². The maximum atomic E-state index is 4.36. The van der Waals surface area contributed by atoms with Crippen molar-refractivity contribution in [2.75, 3.05) is 30.4 Å². The van der Waals surface area contributed by atoms with Gasteiger partial charge in [-0.2, -0.15) is 0 Å². The molecular weight excluding hydrogens is 252 g/mol. The van der Waals surface area contributed by atoms with Gasteiger partial charge in [-0.15, -0.1) is 0 Å². The molecule has 1 aliphatic rings. The fourth-order valence-electron chi connectivity index (χ4n) is 2.60. The fraction of sp³-hybridized carbons (Fsp3) is 0.429. The first kappa shape index (κ1) is 12.8. The van der Waals surface area contributed by atoms with E-state index in [0.29, 0.717) is 5.92 Å². The van der Waals surface area contributed by atoms with Crippen LogP contribution < -0.4 is 10.2 Å². The maximum absolute atomic E-state index is 4.36. The van der Waals surface area contributed by atoms with E-state index in [-0.39, 0.29) is 0 Å². The highest BCUT2D eigenvalue weighted by Gasteiger charge is 2.24. The van der Waals surface area contributed by atoms with Gasteiger partial charge in [-0.25, -0.2) is 15.0 Å². The van der Waals surface area contributed by atoms with Crippen LogP contribution in [0.25, 0.3) is 0 Å². The molecular formula is C14H18N6. The maximum Gasteiger partial charge on any atom is 0.147 e. The lowest BCUT2D eigenvalue weighted by atomic mass is 10.0. The van der Waals surface area contributed by atoms with E-state index in [0.717, 1.165) is 43.3 Å². The summed E-state index contributed by atoms with van der Waals surface area (Å²) < 4.78 is 0. The normalized spacial score (nSPS) is 18.2. The molecule has 0 spiro atoms. The lowest BCUT2D eigenvalue weighted by Gasteiger charge is -2.16. The summed E-state index contributed by atoms with van der Waals surface area (Å²) >= 11 is 0. The Labute approximate surface area is 118 Å². The molecule has 1 unspecified atom stereocenters. The molecule has 104 valence electrons. The predicted molar refractivity (Wildman–Crippen MR) is 77.6 cm³/mol. The van der Waals surface area contributed by atoms with Gasteiger partial charge in [-0.1, -0.05) is 0 Å². The van der Waals surface area contributed by atoms with Crippen LogP contribution in [0, 0.1) is 5.92 Å². The van der Waals surface area contributed by atoms with Crippen LogP contribution in [0.1, 0.15) is 12.1 Å². The highest BCUT2D eigenvalue weighted by molar-refractivity contribution is 5.37. The zero-order chi connectivity index (χ0) is 13.8. The van der Waals surface area contributed by atoms with E-state index in [4.69, 9.17) is 0 Å². The zero-order valence-electron chi connectivity index (χ0n) is 11.5. The van der Waals surface area contributed by atoms with E-state index in [1.165, 1.54) is 0 Å². The molecule has 2 aromatic heterocycles. The van der Waals surface area contributed by atoms with Crippen LogP contribution in [0.5, 0.6) is 0 Å². The minimum atomic E-state index is 0.608. The average molecular weight is 270 g/mol. The number of anilines is 2. The molecule has 0 aromatic carbocycles. The van der Waals surface area contributed by atoms with Crippen LogP contribution in [-0.4, -0.2) is 40.1 Å². The van der Waals surface area contributed by atoms with E-state index >= 15 is 0 Å². The Morgan fingerprint density at radius 2 is 2.25 bits per heavy atom. The summed E-state index contributed by atoms with van der Waals surface area (Å²) in [5.74, 6) is 2.45. The summed E-state index contributed by atoms with van der Waals surface area (Å²) in [6, 6.07) is 2.02. The first-order valence-electron chi connectivity index (χ1n) is 6.85. The highest BCUT2D eigenvalue weighted by Crippen LogP contribution is 2.24. The van der Waals surface area contributed by atoms with E-state index in [2.05, 4.69) is 30.2 Å². The van der Waals surface area contributed by atoms with Crippen molar-refractivity contribution < 1.29 is 0 Å². The minimum absolute atomic E-state index is 0.608. The Morgan fingerprint density at radius 3 is 3.05 bits per heavy atom. The Hall–Kier alpha value is -2.24. The third-order valence-electron chi connectivity index (χ3n) is 3.64. The quantitative estimate of drug-likeness (QED) is 0.905. The summed E-state index contributed by atoms with van der Waals surface area (Å²) in [5, 5.41) is 3.05. The molecule has 1 fully saturated rings. The fourth-order valence-corrected chi connectivity index (χ4v) is 2.60. The largest absolute Gasteiger partial charge is 0.373 e. The standard InChI is InChI=1S/C14H18N6/c1-15-13-7-12(18-10-19-13)6-11-2-5-20(9-11)14-8-16-3-4-17-14/h3-4,7-8,10-11H,2,5-6,9H2,1H3,(H,15,18,19). The second-order valence-electron chi connectivity index (χ2n) is 5.01. The Bertz CT molecular complexity index is 559. The summed E-state index contributed by atoms with van der Waals surface area (Å²) in [5.41, 5.74) is 1.09. The average Bonchev–Trinajstić information content (AvgIpc) is 2.97. The third kappa shape index (κ3) is 2.84. The number of nitrogens with zero attached hydrogens (tertiary/aromatic N) is 5. The van der Waals surface area contributed by atoms with Gasteiger partial charge in [0.05, 0.1) is 6.20 Å².